The number of thioether (sulfide) groups is 1. The van der Waals surface area contributed by atoms with Gasteiger partial charge in [-0.25, -0.2) is 0 Å². The van der Waals surface area contributed by atoms with Crippen molar-refractivity contribution in [2.45, 2.75) is 31.9 Å². The van der Waals surface area contributed by atoms with Gasteiger partial charge in [0.25, 0.3) is 0 Å². The maximum atomic E-state index is 11.5. The number of hydrogen-bond acceptors (Lipinski definition) is 3. The van der Waals surface area contributed by atoms with E-state index in [1.807, 2.05) is 0 Å². The predicted octanol–water partition coefficient (Wildman–Crippen LogP) is 1.35. The van der Waals surface area contributed by atoms with E-state index < -0.39 is 11.2 Å². The molecule has 0 rings (SSSR count). The Morgan fingerprint density at radius 3 is 2.40 bits per heavy atom. The number of nitrogens with one attached hydrogen (secondary N) is 1. The van der Waals surface area contributed by atoms with Crippen LogP contribution in [0.25, 0.3) is 0 Å². The normalized spacial score (nSPS) is 12.5. The fraction of sp³-hybridized carbons (Fsp3) is 0.800. The maximum absolute atomic E-state index is 11.5. The topological polar surface area (TPSA) is 66.4 Å². The van der Waals surface area contributed by atoms with Gasteiger partial charge in [-0.05, 0) is 18.6 Å². The average molecular weight is 233 g/mol. The van der Waals surface area contributed by atoms with Crippen LogP contribution in [0.1, 0.15) is 26.7 Å². The van der Waals surface area contributed by atoms with Crippen molar-refractivity contribution in [1.82, 2.24) is 5.32 Å². The van der Waals surface area contributed by atoms with Gasteiger partial charge in [-0.3, -0.25) is 9.59 Å². The van der Waals surface area contributed by atoms with E-state index in [1.165, 1.54) is 11.8 Å². The smallest absolute Gasteiger partial charge is 0.305 e. The Hall–Kier alpha value is -0.710. The largest absolute Gasteiger partial charge is 0.481 e. The molecule has 1 amide bonds. The molecule has 15 heavy (non-hydrogen) atoms. The second-order valence-corrected chi connectivity index (χ2v) is 4.84. The van der Waals surface area contributed by atoms with Crippen LogP contribution in [0.15, 0.2) is 0 Å². The summed E-state index contributed by atoms with van der Waals surface area (Å²) in [7, 11) is 0. The number of carboxylic acids is 1. The molecule has 0 fully saturated rings. The molecule has 5 heteroatoms. The lowest BCUT2D eigenvalue weighted by molar-refractivity contribution is -0.138. The first-order valence-corrected chi connectivity index (χ1v) is 6.28. The van der Waals surface area contributed by atoms with Crippen molar-refractivity contribution >= 4 is 23.6 Å². The number of carbonyl (C=O) groups excluding carboxylic acids is 1. The van der Waals surface area contributed by atoms with Crippen LogP contribution in [0.3, 0.4) is 0 Å². The third-order valence-corrected chi connectivity index (χ3v) is 2.91. The van der Waals surface area contributed by atoms with Crippen LogP contribution in [0.2, 0.25) is 0 Å². The molecule has 0 saturated heterocycles. The van der Waals surface area contributed by atoms with E-state index in [4.69, 9.17) is 5.11 Å². The third-order valence-electron chi connectivity index (χ3n) is 1.96. The molecular weight excluding hydrogens is 214 g/mol. The molecule has 0 radical (unpaired) electrons. The highest BCUT2D eigenvalue weighted by molar-refractivity contribution is 7.99. The Morgan fingerprint density at radius 2 is 2.00 bits per heavy atom. The summed E-state index contributed by atoms with van der Waals surface area (Å²) in [4.78, 5) is 22.0. The lowest BCUT2D eigenvalue weighted by Crippen LogP contribution is -2.35. The zero-order valence-electron chi connectivity index (χ0n) is 9.45. The van der Waals surface area contributed by atoms with Crippen molar-refractivity contribution in [2.24, 2.45) is 5.92 Å². The van der Waals surface area contributed by atoms with Crippen LogP contribution in [-0.2, 0) is 9.59 Å². The summed E-state index contributed by atoms with van der Waals surface area (Å²) in [5.74, 6) is -0.573. The van der Waals surface area contributed by atoms with Gasteiger partial charge in [0.05, 0.1) is 11.7 Å². The molecule has 0 aliphatic rings. The number of carboxylic acid groups (broad SMARTS) is 1. The van der Waals surface area contributed by atoms with E-state index in [2.05, 4.69) is 19.2 Å². The summed E-state index contributed by atoms with van der Waals surface area (Å²) in [5.41, 5.74) is 0. The summed E-state index contributed by atoms with van der Waals surface area (Å²) in [6.45, 7) is 4.78. The molecule has 4 nitrogen and oxygen atoms in total. The molecule has 0 spiro atoms. The Morgan fingerprint density at radius 1 is 1.40 bits per heavy atom. The first-order valence-electron chi connectivity index (χ1n) is 4.99. The van der Waals surface area contributed by atoms with E-state index in [0.717, 1.165) is 6.42 Å². The van der Waals surface area contributed by atoms with Crippen LogP contribution < -0.4 is 5.32 Å². The van der Waals surface area contributed by atoms with Gasteiger partial charge in [0, 0.05) is 6.54 Å². The average Bonchev–Trinajstić information content (AvgIpc) is 2.13. The first kappa shape index (κ1) is 14.3. The van der Waals surface area contributed by atoms with Gasteiger partial charge < -0.3 is 10.4 Å². The minimum Gasteiger partial charge on any atom is -0.481 e. The lowest BCUT2D eigenvalue weighted by atomic mass is 10.1. The minimum absolute atomic E-state index is 0.116. The molecule has 0 aromatic rings. The molecule has 2 N–H and O–H groups in total. The lowest BCUT2D eigenvalue weighted by Gasteiger charge is -2.13. The van der Waals surface area contributed by atoms with Crippen LogP contribution >= 0.6 is 11.8 Å². The Balaban J connectivity index is 3.88. The second-order valence-electron chi connectivity index (χ2n) is 3.80. The summed E-state index contributed by atoms with van der Waals surface area (Å²) < 4.78 is 0. The van der Waals surface area contributed by atoms with Crippen LogP contribution in [0.4, 0.5) is 0 Å². The molecule has 0 aromatic heterocycles. The van der Waals surface area contributed by atoms with Gasteiger partial charge in [0.15, 0.2) is 0 Å². The quantitative estimate of drug-likeness (QED) is 0.696. The first-order chi connectivity index (χ1) is 6.97. The highest BCUT2D eigenvalue weighted by atomic mass is 32.2. The van der Waals surface area contributed by atoms with Gasteiger partial charge in [0.2, 0.25) is 5.91 Å². The van der Waals surface area contributed by atoms with E-state index >= 15 is 0 Å². The molecule has 0 aliphatic heterocycles. The highest BCUT2D eigenvalue weighted by Crippen LogP contribution is 2.11. The summed E-state index contributed by atoms with van der Waals surface area (Å²) >= 11 is 1.27. The molecular formula is C10H19NO3S. The number of hydrogen-bond donors (Lipinski definition) is 2. The Kier molecular flexibility index (Phi) is 7.21. The van der Waals surface area contributed by atoms with Crippen LogP contribution in [0, 0.1) is 5.92 Å². The SMILES string of the molecule is CSC(CC(=O)O)C(=O)NCCC(C)C. The minimum atomic E-state index is -0.937. The van der Waals surface area contributed by atoms with Crippen molar-refractivity contribution < 1.29 is 14.7 Å². The molecule has 1 atom stereocenters. The fourth-order valence-electron chi connectivity index (χ4n) is 1.04. The van der Waals surface area contributed by atoms with Gasteiger partial charge in [-0.15, -0.1) is 0 Å². The van der Waals surface area contributed by atoms with Crippen molar-refractivity contribution in [3.63, 3.8) is 0 Å². The van der Waals surface area contributed by atoms with Crippen LogP contribution in [-0.4, -0.2) is 35.0 Å². The maximum Gasteiger partial charge on any atom is 0.305 e. The standard InChI is InChI=1S/C10H19NO3S/c1-7(2)4-5-11-10(14)8(15-3)6-9(12)13/h7-8H,4-6H2,1-3H3,(H,11,14)(H,12,13). The molecule has 0 aliphatic carbocycles. The predicted molar refractivity (Wildman–Crippen MR) is 62.0 cm³/mol. The molecule has 1 unspecified atom stereocenters. The fourth-order valence-corrected chi connectivity index (χ4v) is 1.65. The number of amides is 1. The van der Waals surface area contributed by atoms with E-state index in [1.54, 1.807) is 6.26 Å². The van der Waals surface area contributed by atoms with E-state index in [-0.39, 0.29) is 12.3 Å². The van der Waals surface area contributed by atoms with Crippen molar-refractivity contribution in [3.8, 4) is 0 Å². The Bertz CT molecular complexity index is 219. The Labute approximate surface area is 94.8 Å². The molecule has 88 valence electrons. The molecule has 0 bridgehead atoms. The number of rotatable bonds is 7. The summed E-state index contributed by atoms with van der Waals surface area (Å²) in [6, 6.07) is 0. The number of carbonyl (C=O) groups is 2. The van der Waals surface area contributed by atoms with Gasteiger partial charge in [0.1, 0.15) is 0 Å². The summed E-state index contributed by atoms with van der Waals surface area (Å²) in [5, 5.41) is 10.9. The van der Waals surface area contributed by atoms with E-state index in [9.17, 15) is 9.59 Å². The monoisotopic (exact) mass is 233 g/mol. The van der Waals surface area contributed by atoms with Gasteiger partial charge in [-0.2, -0.15) is 11.8 Å². The molecule has 0 aromatic carbocycles. The zero-order valence-corrected chi connectivity index (χ0v) is 10.3. The highest BCUT2D eigenvalue weighted by Gasteiger charge is 2.19. The third kappa shape index (κ3) is 7.25. The van der Waals surface area contributed by atoms with Crippen LogP contribution in [0.5, 0.6) is 0 Å². The van der Waals surface area contributed by atoms with Crippen molar-refractivity contribution in [3.05, 3.63) is 0 Å². The van der Waals surface area contributed by atoms with Crippen molar-refractivity contribution in [2.75, 3.05) is 12.8 Å². The molecule has 0 saturated carbocycles. The zero-order chi connectivity index (χ0) is 11.8. The van der Waals surface area contributed by atoms with Crippen molar-refractivity contribution in [1.29, 1.82) is 0 Å². The molecule has 0 heterocycles. The van der Waals surface area contributed by atoms with Gasteiger partial charge in [-0.1, -0.05) is 13.8 Å². The van der Waals surface area contributed by atoms with Gasteiger partial charge >= 0.3 is 5.97 Å². The number of aliphatic carboxylic acids is 1. The summed E-state index contributed by atoms with van der Waals surface area (Å²) in [6.07, 6.45) is 2.55. The van der Waals surface area contributed by atoms with E-state index in [0.29, 0.717) is 12.5 Å². The second kappa shape index (κ2) is 7.56.